The molecule has 1 aromatic rings. The van der Waals surface area contributed by atoms with Crippen molar-refractivity contribution in [2.45, 2.75) is 52.1 Å². The van der Waals surface area contributed by atoms with E-state index in [0.29, 0.717) is 32.5 Å². The van der Waals surface area contributed by atoms with E-state index in [9.17, 15) is 4.79 Å². The maximum atomic E-state index is 12.3. The summed E-state index contributed by atoms with van der Waals surface area (Å²) in [6.07, 6.45) is 2.85. The van der Waals surface area contributed by atoms with E-state index in [1.165, 1.54) is 16.7 Å². The molecule has 162 valence electrons. The fourth-order valence-electron chi connectivity index (χ4n) is 4.35. The van der Waals surface area contributed by atoms with Crippen LogP contribution in [-0.4, -0.2) is 63.5 Å². The smallest absolute Gasteiger partial charge is 0.225 e. The quantitative estimate of drug-likeness (QED) is 0.675. The zero-order valence-electron chi connectivity index (χ0n) is 18.3. The van der Waals surface area contributed by atoms with E-state index < -0.39 is 0 Å². The van der Waals surface area contributed by atoms with Crippen LogP contribution in [-0.2, 0) is 14.3 Å². The van der Waals surface area contributed by atoms with Gasteiger partial charge in [0.2, 0.25) is 5.91 Å². The average Bonchev–Trinajstić information content (AvgIpc) is 3.27. The SMILES string of the molecule is COCCOc1ccc(C(C)N2CCC(NC(=O)C3CCOC3)CC2)c(C)c1C. The summed E-state index contributed by atoms with van der Waals surface area (Å²) >= 11 is 0. The Morgan fingerprint density at radius 3 is 2.62 bits per heavy atom. The maximum absolute atomic E-state index is 12.3. The Morgan fingerprint density at radius 2 is 1.97 bits per heavy atom. The highest BCUT2D eigenvalue weighted by molar-refractivity contribution is 5.79. The number of benzene rings is 1. The highest BCUT2D eigenvalue weighted by Gasteiger charge is 2.29. The summed E-state index contributed by atoms with van der Waals surface area (Å²) in [5.74, 6) is 1.15. The van der Waals surface area contributed by atoms with E-state index in [1.54, 1.807) is 7.11 Å². The minimum atomic E-state index is 0.0437. The predicted molar refractivity (Wildman–Crippen MR) is 113 cm³/mol. The fraction of sp³-hybridized carbons (Fsp3) is 0.696. The lowest BCUT2D eigenvalue weighted by Crippen LogP contribution is -2.47. The van der Waals surface area contributed by atoms with E-state index in [-0.39, 0.29) is 17.9 Å². The highest BCUT2D eigenvalue weighted by Crippen LogP contribution is 2.32. The van der Waals surface area contributed by atoms with E-state index in [1.807, 2.05) is 0 Å². The van der Waals surface area contributed by atoms with Gasteiger partial charge in [0.25, 0.3) is 0 Å². The number of amides is 1. The van der Waals surface area contributed by atoms with Gasteiger partial charge in [-0.15, -0.1) is 0 Å². The van der Waals surface area contributed by atoms with Gasteiger partial charge in [-0.05, 0) is 62.8 Å². The first kappa shape index (κ1) is 22.1. The molecule has 6 nitrogen and oxygen atoms in total. The van der Waals surface area contributed by atoms with Gasteiger partial charge in [0.1, 0.15) is 12.4 Å². The number of likely N-dealkylation sites (tertiary alicyclic amines) is 1. The van der Waals surface area contributed by atoms with Gasteiger partial charge in [0, 0.05) is 38.9 Å². The number of ether oxygens (including phenoxy) is 3. The fourth-order valence-corrected chi connectivity index (χ4v) is 4.35. The third kappa shape index (κ3) is 5.50. The first-order valence-corrected chi connectivity index (χ1v) is 10.8. The lowest BCUT2D eigenvalue weighted by molar-refractivity contribution is -0.126. The number of nitrogens with one attached hydrogen (secondary N) is 1. The Bertz CT molecular complexity index is 680. The summed E-state index contributed by atoms with van der Waals surface area (Å²) in [4.78, 5) is 14.9. The second kappa shape index (κ2) is 10.4. The van der Waals surface area contributed by atoms with Gasteiger partial charge in [-0.2, -0.15) is 0 Å². The predicted octanol–water partition coefficient (Wildman–Crippen LogP) is 3.01. The van der Waals surface area contributed by atoms with Crippen LogP contribution >= 0.6 is 0 Å². The van der Waals surface area contributed by atoms with Crippen LogP contribution in [0.2, 0.25) is 0 Å². The van der Waals surface area contributed by atoms with Gasteiger partial charge >= 0.3 is 0 Å². The number of nitrogens with zero attached hydrogens (tertiary/aromatic N) is 1. The van der Waals surface area contributed by atoms with Crippen LogP contribution in [0.25, 0.3) is 0 Å². The molecule has 6 heteroatoms. The standard InChI is InChI=1S/C23H36N2O4/c1-16-17(2)22(29-14-13-27-4)6-5-21(16)18(3)25-10-7-20(8-11-25)24-23(26)19-9-12-28-15-19/h5-6,18-20H,7-15H2,1-4H3,(H,24,26). The van der Waals surface area contributed by atoms with Crippen molar-refractivity contribution in [2.75, 3.05) is 46.6 Å². The van der Waals surface area contributed by atoms with Crippen LogP contribution in [0.1, 0.15) is 48.9 Å². The molecule has 2 aliphatic heterocycles. The summed E-state index contributed by atoms with van der Waals surface area (Å²) in [7, 11) is 1.68. The number of piperidine rings is 1. The van der Waals surface area contributed by atoms with Crippen LogP contribution < -0.4 is 10.1 Å². The second-order valence-electron chi connectivity index (χ2n) is 8.30. The van der Waals surface area contributed by atoms with Crippen LogP contribution in [0.4, 0.5) is 0 Å². The summed E-state index contributed by atoms with van der Waals surface area (Å²) in [6.45, 7) is 11.0. The number of carbonyl (C=O) groups is 1. The highest BCUT2D eigenvalue weighted by atomic mass is 16.5. The van der Waals surface area contributed by atoms with Gasteiger partial charge < -0.3 is 19.5 Å². The molecule has 0 bridgehead atoms. The minimum Gasteiger partial charge on any atom is -0.491 e. The molecule has 2 atom stereocenters. The zero-order valence-corrected chi connectivity index (χ0v) is 18.3. The molecule has 1 N–H and O–H groups in total. The van der Waals surface area contributed by atoms with Crippen LogP contribution in [0.3, 0.4) is 0 Å². The number of rotatable bonds is 8. The lowest BCUT2D eigenvalue weighted by Gasteiger charge is -2.37. The Morgan fingerprint density at radius 1 is 1.21 bits per heavy atom. The molecular formula is C23H36N2O4. The Hall–Kier alpha value is -1.63. The Balaban J connectivity index is 1.54. The first-order chi connectivity index (χ1) is 14.0. The van der Waals surface area contributed by atoms with Crippen molar-refractivity contribution in [1.82, 2.24) is 10.2 Å². The number of carbonyl (C=O) groups excluding carboxylic acids is 1. The monoisotopic (exact) mass is 404 g/mol. The largest absolute Gasteiger partial charge is 0.491 e. The molecule has 2 saturated heterocycles. The van der Waals surface area contributed by atoms with Gasteiger partial charge in [-0.3, -0.25) is 9.69 Å². The van der Waals surface area contributed by atoms with Gasteiger partial charge in [-0.25, -0.2) is 0 Å². The topological polar surface area (TPSA) is 60.0 Å². The Kier molecular flexibility index (Phi) is 7.92. The molecule has 2 aliphatic rings. The minimum absolute atomic E-state index is 0.0437. The van der Waals surface area contributed by atoms with Gasteiger partial charge in [0.15, 0.2) is 0 Å². The van der Waals surface area contributed by atoms with Crippen molar-refractivity contribution < 1.29 is 19.0 Å². The van der Waals surface area contributed by atoms with Crippen molar-refractivity contribution in [3.63, 3.8) is 0 Å². The molecule has 0 aliphatic carbocycles. The van der Waals surface area contributed by atoms with Gasteiger partial charge in [-0.1, -0.05) is 6.07 Å². The van der Waals surface area contributed by atoms with Crippen molar-refractivity contribution in [3.8, 4) is 5.75 Å². The molecule has 2 fully saturated rings. The summed E-state index contributed by atoms with van der Waals surface area (Å²) in [5.41, 5.74) is 3.85. The maximum Gasteiger partial charge on any atom is 0.225 e. The second-order valence-corrected chi connectivity index (χ2v) is 8.30. The third-order valence-corrected chi connectivity index (χ3v) is 6.50. The van der Waals surface area contributed by atoms with Crippen molar-refractivity contribution in [3.05, 3.63) is 28.8 Å². The van der Waals surface area contributed by atoms with Gasteiger partial charge in [0.05, 0.1) is 19.1 Å². The van der Waals surface area contributed by atoms with Crippen LogP contribution in [0, 0.1) is 19.8 Å². The molecule has 29 heavy (non-hydrogen) atoms. The summed E-state index contributed by atoms with van der Waals surface area (Å²) in [5, 5.41) is 3.24. The van der Waals surface area contributed by atoms with Crippen LogP contribution in [0.5, 0.6) is 5.75 Å². The molecule has 2 unspecified atom stereocenters. The van der Waals surface area contributed by atoms with Crippen molar-refractivity contribution >= 4 is 5.91 Å². The molecule has 0 aromatic heterocycles. The normalized spacial score (nSPS) is 21.9. The number of hydrogen-bond donors (Lipinski definition) is 1. The van der Waals surface area contributed by atoms with E-state index in [2.05, 4.69) is 43.1 Å². The first-order valence-electron chi connectivity index (χ1n) is 10.8. The zero-order chi connectivity index (χ0) is 20.8. The van der Waals surface area contributed by atoms with Crippen LogP contribution in [0.15, 0.2) is 12.1 Å². The van der Waals surface area contributed by atoms with E-state index >= 15 is 0 Å². The molecule has 0 radical (unpaired) electrons. The van der Waals surface area contributed by atoms with E-state index in [0.717, 1.165) is 38.1 Å². The Labute approximate surface area is 174 Å². The third-order valence-electron chi connectivity index (χ3n) is 6.50. The molecule has 3 rings (SSSR count). The lowest BCUT2D eigenvalue weighted by atomic mass is 9.94. The summed E-state index contributed by atoms with van der Waals surface area (Å²) in [6, 6.07) is 4.91. The number of hydrogen-bond acceptors (Lipinski definition) is 5. The molecule has 0 spiro atoms. The summed E-state index contributed by atoms with van der Waals surface area (Å²) < 4.78 is 16.3. The van der Waals surface area contributed by atoms with Crippen molar-refractivity contribution in [1.29, 1.82) is 0 Å². The molecule has 2 heterocycles. The molecule has 1 aromatic carbocycles. The molecular weight excluding hydrogens is 368 g/mol. The van der Waals surface area contributed by atoms with E-state index in [4.69, 9.17) is 14.2 Å². The number of methoxy groups -OCH3 is 1. The van der Waals surface area contributed by atoms with Crippen molar-refractivity contribution in [2.24, 2.45) is 5.92 Å². The average molecular weight is 405 g/mol. The molecule has 0 saturated carbocycles. The molecule has 1 amide bonds.